The molecule has 2 aliphatic heterocycles. The molecule has 1 aromatic rings. The number of carboxylic acids is 1. The van der Waals surface area contributed by atoms with Crippen molar-refractivity contribution in [2.24, 2.45) is 22.1 Å². The van der Waals surface area contributed by atoms with Crippen molar-refractivity contribution >= 4 is 23.7 Å². The van der Waals surface area contributed by atoms with Crippen LogP contribution in [0.2, 0.25) is 0 Å². The number of carboxylic acid groups (broad SMARTS) is 1. The van der Waals surface area contributed by atoms with E-state index in [2.05, 4.69) is 10.3 Å². The van der Waals surface area contributed by atoms with E-state index in [-0.39, 0.29) is 36.3 Å². The average molecular weight is 541 g/mol. The van der Waals surface area contributed by atoms with Crippen LogP contribution in [0.4, 0.5) is 13.2 Å². The van der Waals surface area contributed by atoms with Crippen LogP contribution in [0.3, 0.4) is 0 Å². The van der Waals surface area contributed by atoms with E-state index in [0.717, 1.165) is 30.6 Å². The number of guanidine groups is 1. The van der Waals surface area contributed by atoms with Gasteiger partial charge in [0.15, 0.2) is 5.96 Å². The van der Waals surface area contributed by atoms with Crippen molar-refractivity contribution in [3.8, 4) is 5.75 Å². The van der Waals surface area contributed by atoms with Crippen LogP contribution in [0.25, 0.3) is 0 Å². The van der Waals surface area contributed by atoms with E-state index < -0.39 is 28.7 Å². The third kappa shape index (κ3) is 5.58. The van der Waals surface area contributed by atoms with Gasteiger partial charge in [-0.25, -0.2) is 9.79 Å². The van der Waals surface area contributed by atoms with Crippen LogP contribution in [0, 0.1) is 11.3 Å². The van der Waals surface area contributed by atoms with E-state index in [0.29, 0.717) is 6.42 Å². The van der Waals surface area contributed by atoms with Crippen LogP contribution in [0.5, 0.6) is 5.75 Å². The van der Waals surface area contributed by atoms with Crippen molar-refractivity contribution < 1.29 is 37.4 Å². The number of amides is 2. The highest BCUT2D eigenvalue weighted by Gasteiger charge is 2.60. The molecule has 0 aromatic heterocycles. The summed E-state index contributed by atoms with van der Waals surface area (Å²) in [5, 5.41) is 10.4. The summed E-state index contributed by atoms with van der Waals surface area (Å²) in [6.07, 6.45) is -2.49. The molecular weight excluding hydrogens is 505 g/mol. The van der Waals surface area contributed by atoms with Crippen LogP contribution < -0.4 is 15.8 Å². The first-order valence-electron chi connectivity index (χ1n) is 12.6. The number of benzene rings is 1. The van der Waals surface area contributed by atoms with Gasteiger partial charge in [-0.15, -0.1) is 0 Å². The predicted octanol–water partition coefficient (Wildman–Crippen LogP) is 3.78. The molecule has 210 valence electrons. The number of rotatable bonds is 6. The Hall–Kier alpha value is -3.31. The molecule has 2 heterocycles. The van der Waals surface area contributed by atoms with E-state index in [1.807, 2.05) is 58.9 Å². The third-order valence-corrected chi connectivity index (χ3v) is 7.89. The molecule has 0 bridgehead atoms. The first kappa shape index (κ1) is 29.2. The molecule has 1 aliphatic carbocycles. The van der Waals surface area contributed by atoms with Gasteiger partial charge in [-0.05, 0) is 45.1 Å². The average Bonchev–Trinajstić information content (AvgIpc) is 3.41. The molecule has 0 radical (unpaired) electrons. The van der Waals surface area contributed by atoms with Gasteiger partial charge in [0.2, 0.25) is 11.8 Å². The Morgan fingerprint density at radius 3 is 2.26 bits per heavy atom. The molecule has 3 aliphatic rings. The fourth-order valence-electron chi connectivity index (χ4n) is 5.11. The van der Waals surface area contributed by atoms with Crippen molar-refractivity contribution in [2.45, 2.75) is 83.7 Å². The lowest BCUT2D eigenvalue weighted by atomic mass is 9.87. The summed E-state index contributed by atoms with van der Waals surface area (Å²) >= 11 is 0. The zero-order chi connectivity index (χ0) is 28.7. The van der Waals surface area contributed by atoms with Crippen LogP contribution in [0.15, 0.2) is 29.3 Å². The van der Waals surface area contributed by atoms with Crippen LogP contribution >= 0.6 is 0 Å². The van der Waals surface area contributed by atoms with E-state index in [1.54, 1.807) is 0 Å². The zero-order valence-corrected chi connectivity index (χ0v) is 22.2. The number of nitrogens with two attached hydrogens (primary N) is 1. The van der Waals surface area contributed by atoms with Crippen molar-refractivity contribution in [1.29, 1.82) is 0 Å². The number of carbonyl (C=O) groups is 3. The third-order valence-electron chi connectivity index (χ3n) is 7.89. The second kappa shape index (κ2) is 10.1. The quantitative estimate of drug-likeness (QED) is 0.503. The summed E-state index contributed by atoms with van der Waals surface area (Å²) in [5.41, 5.74) is 5.61. The van der Waals surface area contributed by atoms with Crippen molar-refractivity contribution in [2.75, 3.05) is 6.54 Å². The summed E-state index contributed by atoms with van der Waals surface area (Å²) in [6.45, 7) is 10.3. The number of hydrogen-bond donors (Lipinski definition) is 3. The molecule has 3 atom stereocenters. The molecule has 1 aromatic carbocycles. The molecule has 1 saturated carbocycles. The van der Waals surface area contributed by atoms with Gasteiger partial charge in [0, 0.05) is 12.1 Å². The maximum atomic E-state index is 13.5. The van der Waals surface area contributed by atoms with Gasteiger partial charge in [0.05, 0.1) is 23.4 Å². The van der Waals surface area contributed by atoms with Gasteiger partial charge < -0.3 is 20.9 Å². The number of alkyl halides is 3. The van der Waals surface area contributed by atoms with Gasteiger partial charge in [-0.2, -0.15) is 13.2 Å². The molecule has 4 rings (SSSR count). The Balaban J connectivity index is 0.000000505. The number of para-hydroxylation sites is 1. The number of aliphatic imine (C=N–C) groups is 1. The second-order valence-electron chi connectivity index (χ2n) is 10.8. The second-order valence-corrected chi connectivity index (χ2v) is 10.8. The maximum absolute atomic E-state index is 13.5. The minimum Gasteiger partial charge on any atom is -0.485 e. The number of halogens is 3. The summed E-state index contributed by atoms with van der Waals surface area (Å²) < 4.78 is 37.8. The highest BCUT2D eigenvalue weighted by molar-refractivity contribution is 6.00. The van der Waals surface area contributed by atoms with E-state index in [4.69, 9.17) is 20.4 Å². The topological polar surface area (TPSA) is 134 Å². The molecule has 3 unspecified atom stereocenters. The number of fused-ring (bicyclic) bond motifs is 1. The lowest BCUT2D eigenvalue weighted by Crippen LogP contribution is -2.55. The Bertz CT molecular complexity index is 1130. The summed E-state index contributed by atoms with van der Waals surface area (Å²) in [4.78, 5) is 41.6. The first-order chi connectivity index (χ1) is 17.5. The Labute approximate surface area is 219 Å². The maximum Gasteiger partial charge on any atom is 0.490 e. The predicted molar refractivity (Wildman–Crippen MR) is 133 cm³/mol. The molecule has 4 N–H and O–H groups in total. The SMILES string of the molecule is CCC1(CC)CC(=O)N(CC2(C(=O)NC3c4ccccc4OC3(C)C)CC2C)C(N)=N1.O=C(O)C(F)(F)F. The monoisotopic (exact) mass is 540 g/mol. The minimum absolute atomic E-state index is 0.0441. The molecule has 0 saturated heterocycles. The van der Waals surface area contributed by atoms with Crippen LogP contribution in [-0.4, -0.2) is 57.6 Å². The lowest BCUT2D eigenvalue weighted by molar-refractivity contribution is -0.192. The highest BCUT2D eigenvalue weighted by Crippen LogP contribution is 2.54. The van der Waals surface area contributed by atoms with E-state index in [1.165, 1.54) is 4.90 Å². The van der Waals surface area contributed by atoms with Crippen LogP contribution in [-0.2, 0) is 14.4 Å². The number of nitrogens with zero attached hydrogens (tertiary/aromatic N) is 2. The molecule has 0 spiro atoms. The van der Waals surface area contributed by atoms with Crippen molar-refractivity contribution in [3.63, 3.8) is 0 Å². The van der Waals surface area contributed by atoms with E-state index >= 15 is 0 Å². The van der Waals surface area contributed by atoms with Gasteiger partial charge in [0.1, 0.15) is 11.4 Å². The lowest BCUT2D eigenvalue weighted by Gasteiger charge is -2.38. The number of aliphatic carboxylic acids is 1. The van der Waals surface area contributed by atoms with E-state index in [9.17, 15) is 22.8 Å². The molecule has 1 fully saturated rings. The molecule has 38 heavy (non-hydrogen) atoms. The molecular formula is C26H35F3N4O5. The summed E-state index contributed by atoms with van der Waals surface area (Å²) in [6, 6.07) is 7.55. The fraction of sp³-hybridized carbons (Fsp3) is 0.615. The fourth-order valence-corrected chi connectivity index (χ4v) is 5.11. The molecule has 2 amide bonds. The molecule has 9 nitrogen and oxygen atoms in total. The normalized spacial score (nSPS) is 26.8. The Morgan fingerprint density at radius 2 is 1.79 bits per heavy atom. The van der Waals surface area contributed by atoms with Gasteiger partial charge in [0.25, 0.3) is 0 Å². The summed E-state index contributed by atoms with van der Waals surface area (Å²) in [5.74, 6) is -1.65. The smallest absolute Gasteiger partial charge is 0.485 e. The molecule has 12 heteroatoms. The minimum atomic E-state index is -5.08. The standard InChI is InChI=1S/C24H34N4O3.C2HF3O2/c1-6-23(7-2)13-18(29)28(21(25)27-23)14-24(12-15(24)3)20(30)26-19-16-10-8-9-11-17(16)31-22(19,4)5;3-2(4,5)1(6)7/h8-11,15,19H,6-7,12-14H2,1-5H3,(H2,25,27)(H,26,30);(H,6,7). The van der Waals surface area contributed by atoms with Gasteiger partial charge in [-0.3, -0.25) is 14.5 Å². The number of nitrogens with one attached hydrogen (secondary N) is 1. The van der Waals surface area contributed by atoms with Crippen molar-refractivity contribution in [1.82, 2.24) is 10.2 Å². The van der Waals surface area contributed by atoms with Crippen LogP contribution in [0.1, 0.15) is 71.9 Å². The first-order valence-corrected chi connectivity index (χ1v) is 12.6. The van der Waals surface area contributed by atoms with Crippen molar-refractivity contribution in [3.05, 3.63) is 29.8 Å². The number of carbonyl (C=O) groups excluding carboxylic acids is 2. The Kier molecular flexibility index (Phi) is 7.78. The summed E-state index contributed by atoms with van der Waals surface area (Å²) in [7, 11) is 0. The van der Waals surface area contributed by atoms with Gasteiger partial charge >= 0.3 is 12.1 Å². The largest absolute Gasteiger partial charge is 0.490 e. The number of ether oxygens (including phenoxy) is 1. The number of hydrogen-bond acceptors (Lipinski definition) is 6. The Morgan fingerprint density at radius 1 is 1.24 bits per heavy atom. The zero-order valence-electron chi connectivity index (χ0n) is 22.2. The highest BCUT2D eigenvalue weighted by atomic mass is 19.4. The van der Waals surface area contributed by atoms with Gasteiger partial charge in [-0.1, -0.05) is 39.0 Å².